The fourth-order valence-electron chi connectivity index (χ4n) is 3.61. The van der Waals surface area contributed by atoms with Gasteiger partial charge >= 0.3 is 5.97 Å². The van der Waals surface area contributed by atoms with E-state index in [4.69, 9.17) is 4.74 Å². The number of hydrogen-bond acceptors (Lipinski definition) is 3. The molecular weight excluding hydrogens is 204 g/mol. The third-order valence-electron chi connectivity index (χ3n) is 4.51. The maximum absolute atomic E-state index is 11.6. The van der Waals surface area contributed by atoms with Gasteiger partial charge in [0.1, 0.15) is 12.4 Å². The molecule has 0 aromatic carbocycles. The van der Waals surface area contributed by atoms with E-state index in [-0.39, 0.29) is 11.4 Å². The summed E-state index contributed by atoms with van der Waals surface area (Å²) >= 11 is 0. The topological polar surface area (TPSA) is 43.4 Å². The molecule has 1 fully saturated rings. The van der Waals surface area contributed by atoms with Gasteiger partial charge in [0.25, 0.3) is 0 Å². The maximum Gasteiger partial charge on any atom is 0.334 e. The van der Waals surface area contributed by atoms with Gasteiger partial charge in [0, 0.05) is 18.4 Å². The van der Waals surface area contributed by atoms with Crippen LogP contribution in [0.25, 0.3) is 0 Å². The number of carbonyl (C=O) groups excluding carboxylic acids is 2. The molecule has 0 aromatic heterocycles. The highest BCUT2D eigenvalue weighted by atomic mass is 16.5. The van der Waals surface area contributed by atoms with Crippen molar-refractivity contribution in [2.75, 3.05) is 6.61 Å². The van der Waals surface area contributed by atoms with Gasteiger partial charge in [0.2, 0.25) is 0 Å². The largest absolute Gasteiger partial charge is 0.458 e. The Morgan fingerprint density at radius 2 is 2.12 bits per heavy atom. The van der Waals surface area contributed by atoms with Gasteiger partial charge in [-0.3, -0.25) is 4.79 Å². The van der Waals surface area contributed by atoms with Crippen molar-refractivity contribution in [1.29, 1.82) is 0 Å². The first kappa shape index (κ1) is 10.1. The van der Waals surface area contributed by atoms with E-state index in [0.29, 0.717) is 31.1 Å². The van der Waals surface area contributed by atoms with Crippen molar-refractivity contribution in [1.82, 2.24) is 0 Å². The third-order valence-corrected chi connectivity index (χ3v) is 4.51. The van der Waals surface area contributed by atoms with E-state index in [1.807, 2.05) is 0 Å². The summed E-state index contributed by atoms with van der Waals surface area (Å²) in [5.74, 6) is 0.669. The van der Waals surface area contributed by atoms with E-state index >= 15 is 0 Å². The number of esters is 1. The molecule has 1 heterocycles. The Hall–Kier alpha value is -1.12. The lowest BCUT2D eigenvalue weighted by molar-refractivity contribution is -0.136. The number of cyclic esters (lactones) is 1. The van der Waals surface area contributed by atoms with Crippen molar-refractivity contribution in [2.45, 2.75) is 39.0 Å². The fraction of sp³-hybridized carbons (Fsp3) is 0.692. The predicted molar refractivity (Wildman–Crippen MR) is 57.7 cm³/mol. The molecular formula is C13H16O3. The molecule has 0 N–H and O–H groups in total. The zero-order valence-electron chi connectivity index (χ0n) is 9.54. The van der Waals surface area contributed by atoms with Crippen LogP contribution in [0, 0.1) is 11.3 Å². The van der Waals surface area contributed by atoms with Crippen LogP contribution in [-0.4, -0.2) is 18.4 Å². The number of ketones is 1. The Balaban J connectivity index is 1.99. The van der Waals surface area contributed by atoms with E-state index in [2.05, 4.69) is 6.92 Å². The molecule has 3 rings (SSSR count). The molecule has 1 aliphatic heterocycles. The highest BCUT2D eigenvalue weighted by Gasteiger charge is 2.47. The van der Waals surface area contributed by atoms with Crippen molar-refractivity contribution in [3.8, 4) is 0 Å². The summed E-state index contributed by atoms with van der Waals surface area (Å²) in [6, 6.07) is 0. The Morgan fingerprint density at radius 3 is 2.94 bits per heavy atom. The molecule has 0 aromatic rings. The van der Waals surface area contributed by atoms with Crippen LogP contribution in [0.1, 0.15) is 39.0 Å². The first-order valence-corrected chi connectivity index (χ1v) is 6.01. The van der Waals surface area contributed by atoms with Crippen molar-refractivity contribution in [3.05, 3.63) is 11.1 Å². The van der Waals surface area contributed by atoms with Crippen LogP contribution in [0.3, 0.4) is 0 Å². The quantitative estimate of drug-likeness (QED) is 0.586. The van der Waals surface area contributed by atoms with Crippen molar-refractivity contribution in [3.63, 3.8) is 0 Å². The molecule has 3 heteroatoms. The average molecular weight is 220 g/mol. The van der Waals surface area contributed by atoms with E-state index in [0.717, 1.165) is 24.8 Å². The van der Waals surface area contributed by atoms with Gasteiger partial charge in [-0.15, -0.1) is 0 Å². The average Bonchev–Trinajstić information content (AvgIpc) is 2.58. The number of rotatable bonds is 0. The minimum atomic E-state index is -0.117. The first-order valence-electron chi connectivity index (χ1n) is 6.01. The molecule has 0 saturated heterocycles. The highest BCUT2D eigenvalue weighted by molar-refractivity contribution is 5.92. The molecule has 86 valence electrons. The van der Waals surface area contributed by atoms with E-state index in [1.54, 1.807) is 0 Å². The second-order valence-electron chi connectivity index (χ2n) is 5.54. The van der Waals surface area contributed by atoms with Crippen LogP contribution in [0.5, 0.6) is 0 Å². The Kier molecular flexibility index (Phi) is 2.00. The van der Waals surface area contributed by atoms with Gasteiger partial charge in [-0.05, 0) is 36.2 Å². The van der Waals surface area contributed by atoms with Gasteiger partial charge in [0.15, 0.2) is 0 Å². The summed E-state index contributed by atoms with van der Waals surface area (Å²) in [5, 5.41) is 0. The summed E-state index contributed by atoms with van der Waals surface area (Å²) in [6.07, 6.45) is 4.02. The molecule has 1 saturated carbocycles. The molecule has 3 aliphatic rings. The number of ether oxygens (including phenoxy) is 1. The minimum Gasteiger partial charge on any atom is -0.458 e. The zero-order valence-corrected chi connectivity index (χ0v) is 9.54. The first-order chi connectivity index (χ1) is 7.60. The summed E-state index contributed by atoms with van der Waals surface area (Å²) in [4.78, 5) is 23.1. The molecule has 3 nitrogen and oxygen atoms in total. The van der Waals surface area contributed by atoms with Crippen LogP contribution in [0.15, 0.2) is 11.1 Å². The lowest BCUT2D eigenvalue weighted by atomic mass is 9.59. The van der Waals surface area contributed by atoms with E-state index in [9.17, 15) is 9.59 Å². The monoisotopic (exact) mass is 220 g/mol. The molecule has 2 atom stereocenters. The molecule has 0 radical (unpaired) electrons. The lowest BCUT2D eigenvalue weighted by Crippen LogP contribution is -2.39. The minimum absolute atomic E-state index is 0.0855. The van der Waals surface area contributed by atoms with Gasteiger partial charge in [-0.25, -0.2) is 4.79 Å². The highest BCUT2D eigenvalue weighted by Crippen LogP contribution is 2.52. The second-order valence-corrected chi connectivity index (χ2v) is 5.54. The lowest BCUT2D eigenvalue weighted by Gasteiger charge is -2.44. The number of hydrogen-bond donors (Lipinski definition) is 0. The third kappa shape index (κ3) is 1.27. The molecule has 2 aliphatic carbocycles. The van der Waals surface area contributed by atoms with Crippen LogP contribution in [0.2, 0.25) is 0 Å². The van der Waals surface area contributed by atoms with Gasteiger partial charge in [0.05, 0.1) is 0 Å². The predicted octanol–water partition coefficient (Wildman–Crippen LogP) is 2.01. The van der Waals surface area contributed by atoms with Crippen molar-refractivity contribution >= 4 is 11.8 Å². The van der Waals surface area contributed by atoms with Crippen molar-refractivity contribution < 1.29 is 14.3 Å². The zero-order chi connectivity index (χ0) is 11.3. The number of carbonyl (C=O) groups is 2. The standard InChI is InChI=1S/C13H16O3/c1-13-5-4-9-10(7-16-12(9)15)11(13)3-2-8(14)6-13/h11H,2-7H2,1H3. The Bertz CT molecular complexity index is 407. The number of Topliss-reactive ketones (excluding diaryl/α,β-unsaturated/α-hetero) is 1. The smallest absolute Gasteiger partial charge is 0.334 e. The Labute approximate surface area is 94.8 Å². The van der Waals surface area contributed by atoms with Crippen LogP contribution in [0.4, 0.5) is 0 Å². The van der Waals surface area contributed by atoms with Crippen LogP contribution < -0.4 is 0 Å². The molecule has 0 amide bonds. The summed E-state index contributed by atoms with van der Waals surface area (Å²) < 4.78 is 5.12. The van der Waals surface area contributed by atoms with E-state index < -0.39 is 0 Å². The van der Waals surface area contributed by atoms with Gasteiger partial charge in [-0.1, -0.05) is 6.92 Å². The second kappa shape index (κ2) is 3.19. The van der Waals surface area contributed by atoms with Gasteiger partial charge < -0.3 is 4.74 Å². The number of fused-ring (bicyclic) bond motifs is 2. The fourth-order valence-corrected chi connectivity index (χ4v) is 3.61. The van der Waals surface area contributed by atoms with Gasteiger partial charge in [-0.2, -0.15) is 0 Å². The van der Waals surface area contributed by atoms with Crippen LogP contribution in [-0.2, 0) is 14.3 Å². The molecule has 0 spiro atoms. The van der Waals surface area contributed by atoms with Crippen molar-refractivity contribution in [2.24, 2.45) is 11.3 Å². The van der Waals surface area contributed by atoms with Crippen LogP contribution >= 0.6 is 0 Å². The summed E-state index contributed by atoms with van der Waals surface area (Å²) in [6.45, 7) is 2.67. The SMILES string of the molecule is CC12CCC3=C(COC3=O)C1CCC(=O)C2. The molecule has 16 heavy (non-hydrogen) atoms. The normalized spacial score (nSPS) is 38.2. The molecule has 0 bridgehead atoms. The maximum atomic E-state index is 11.6. The van der Waals surface area contributed by atoms with E-state index in [1.165, 1.54) is 5.57 Å². The summed E-state index contributed by atoms with van der Waals surface area (Å²) in [7, 11) is 0. The Morgan fingerprint density at radius 1 is 1.31 bits per heavy atom. The summed E-state index contributed by atoms with van der Waals surface area (Å²) in [5.41, 5.74) is 2.20. The molecule has 2 unspecified atom stereocenters.